The lowest BCUT2D eigenvalue weighted by Gasteiger charge is -2.20. The van der Waals surface area contributed by atoms with E-state index >= 15 is 0 Å². The molecule has 26 heavy (non-hydrogen) atoms. The molecule has 0 bridgehead atoms. The molecule has 0 radical (unpaired) electrons. The van der Waals surface area contributed by atoms with Crippen LogP contribution in [-0.4, -0.2) is 43.9 Å². The van der Waals surface area contributed by atoms with Crippen LogP contribution in [0.5, 0.6) is 0 Å². The lowest BCUT2D eigenvalue weighted by atomic mass is 10.1. The van der Waals surface area contributed by atoms with Crippen LogP contribution in [0.2, 0.25) is 5.02 Å². The summed E-state index contributed by atoms with van der Waals surface area (Å²) >= 11 is 5.83. The third kappa shape index (κ3) is 6.50. The molecule has 2 amide bonds. The van der Waals surface area contributed by atoms with E-state index in [0.717, 1.165) is 10.5 Å². The number of amides is 2. The van der Waals surface area contributed by atoms with Gasteiger partial charge >= 0.3 is 0 Å². The summed E-state index contributed by atoms with van der Waals surface area (Å²) in [6.45, 7) is 3.07. The second kappa shape index (κ2) is 9.36. The molecule has 2 aromatic carbocycles. The number of carbonyl (C=O) groups excluding carboxylic acids is 2. The van der Waals surface area contributed by atoms with Crippen LogP contribution in [0.4, 0.5) is 5.69 Å². The highest BCUT2D eigenvalue weighted by atomic mass is 35.5. The summed E-state index contributed by atoms with van der Waals surface area (Å²) in [5.74, 6) is -0.138. The number of aryl methyl sites for hydroxylation is 1. The zero-order valence-corrected chi connectivity index (χ0v) is 16.1. The molecule has 0 aliphatic carbocycles. The predicted molar refractivity (Wildman–Crippen MR) is 104 cm³/mol. The number of nitrogens with one attached hydrogen (secondary N) is 2. The monoisotopic (exact) mass is 374 g/mol. The van der Waals surface area contributed by atoms with Crippen LogP contribution in [-0.2, 0) is 16.1 Å². The lowest BCUT2D eigenvalue weighted by molar-refractivity contribution is -0.862. The van der Waals surface area contributed by atoms with Crippen LogP contribution in [0, 0.1) is 6.92 Å². The maximum atomic E-state index is 12.4. The fourth-order valence-corrected chi connectivity index (χ4v) is 2.65. The normalized spacial score (nSPS) is 11.7. The van der Waals surface area contributed by atoms with Crippen molar-refractivity contribution in [3.63, 3.8) is 0 Å². The van der Waals surface area contributed by atoms with Gasteiger partial charge in [0.15, 0.2) is 13.1 Å². The first-order valence-corrected chi connectivity index (χ1v) is 8.87. The van der Waals surface area contributed by atoms with Crippen LogP contribution in [0.25, 0.3) is 0 Å². The Kier molecular flexibility index (Phi) is 7.18. The second-order valence-electron chi connectivity index (χ2n) is 6.60. The number of nitrogens with zero attached hydrogens (tertiary/aromatic N) is 1. The van der Waals surface area contributed by atoms with E-state index in [9.17, 15) is 9.59 Å². The molecule has 2 rings (SSSR count). The fourth-order valence-electron chi connectivity index (χ4n) is 2.52. The van der Waals surface area contributed by atoms with Gasteiger partial charge in [0.05, 0.1) is 7.05 Å². The van der Waals surface area contributed by atoms with Crippen molar-refractivity contribution in [1.29, 1.82) is 0 Å². The zero-order valence-electron chi connectivity index (χ0n) is 15.4. The minimum atomic E-state index is -0.140. The minimum Gasteiger partial charge on any atom is -0.337 e. The summed E-state index contributed by atoms with van der Waals surface area (Å²) in [5.41, 5.74) is 2.97. The predicted octanol–water partition coefficient (Wildman–Crippen LogP) is 1.76. The molecule has 0 aliphatic heterocycles. The Morgan fingerprint density at radius 3 is 2.27 bits per heavy atom. The van der Waals surface area contributed by atoms with E-state index < -0.39 is 0 Å². The summed E-state index contributed by atoms with van der Waals surface area (Å²) in [6, 6.07) is 15.0. The number of hydrogen-bond donors (Lipinski definition) is 2. The molecular formula is C20H25ClN3O2+. The van der Waals surface area contributed by atoms with Crippen LogP contribution in [0.1, 0.15) is 11.1 Å². The molecule has 1 atom stereocenters. The highest BCUT2D eigenvalue weighted by molar-refractivity contribution is 6.30. The molecule has 0 spiro atoms. The molecule has 0 saturated carbocycles. The average Bonchev–Trinajstić information content (AvgIpc) is 2.58. The third-order valence-electron chi connectivity index (χ3n) is 4.01. The topological polar surface area (TPSA) is 53.9 Å². The first-order chi connectivity index (χ1) is 12.3. The number of rotatable bonds is 7. The molecule has 0 saturated heterocycles. The number of halogens is 1. The summed E-state index contributed by atoms with van der Waals surface area (Å²) in [6.07, 6.45) is 0. The quantitative estimate of drug-likeness (QED) is 0.776. The van der Waals surface area contributed by atoms with Crippen molar-refractivity contribution in [2.24, 2.45) is 0 Å². The van der Waals surface area contributed by atoms with Gasteiger partial charge in [-0.05, 0) is 36.8 Å². The number of likely N-dealkylation sites (N-methyl/N-ethyl adjacent to an activating group) is 2. The molecule has 0 aliphatic rings. The molecular weight excluding hydrogens is 350 g/mol. The van der Waals surface area contributed by atoms with Crippen LogP contribution < -0.4 is 10.2 Å². The molecule has 5 nitrogen and oxygen atoms in total. The summed E-state index contributed by atoms with van der Waals surface area (Å²) < 4.78 is 0. The molecule has 138 valence electrons. The number of benzene rings is 2. The highest BCUT2D eigenvalue weighted by Crippen LogP contribution is 2.12. The zero-order chi connectivity index (χ0) is 19.1. The SMILES string of the molecule is Cc1ccc(CN(C)C(=O)C[NH+](C)CC(=O)Nc2ccc(Cl)cc2)cc1. The number of quaternary nitrogens is 1. The average molecular weight is 375 g/mol. The van der Waals surface area contributed by atoms with Gasteiger partial charge in [-0.3, -0.25) is 9.59 Å². The van der Waals surface area contributed by atoms with Gasteiger partial charge in [-0.1, -0.05) is 41.4 Å². The first-order valence-electron chi connectivity index (χ1n) is 8.49. The summed E-state index contributed by atoms with van der Waals surface area (Å²) in [4.78, 5) is 27.0. The lowest BCUT2D eigenvalue weighted by Crippen LogP contribution is -3.11. The van der Waals surface area contributed by atoms with Crippen LogP contribution in [0.3, 0.4) is 0 Å². The van der Waals surface area contributed by atoms with Crippen molar-refractivity contribution in [1.82, 2.24) is 4.90 Å². The van der Waals surface area contributed by atoms with Gasteiger partial charge < -0.3 is 15.1 Å². The smallest absolute Gasteiger partial charge is 0.279 e. The molecule has 0 fully saturated rings. The van der Waals surface area contributed by atoms with E-state index in [2.05, 4.69) is 5.32 Å². The summed E-state index contributed by atoms with van der Waals surface area (Å²) in [5, 5.41) is 3.42. The minimum absolute atomic E-state index is 0.00219. The molecule has 6 heteroatoms. The van der Waals surface area contributed by atoms with Crippen molar-refractivity contribution in [2.75, 3.05) is 32.5 Å². The van der Waals surface area contributed by atoms with E-state index in [1.165, 1.54) is 5.56 Å². The third-order valence-corrected chi connectivity index (χ3v) is 4.26. The largest absolute Gasteiger partial charge is 0.337 e. The van der Waals surface area contributed by atoms with Gasteiger partial charge in [0.25, 0.3) is 11.8 Å². The van der Waals surface area contributed by atoms with Crippen molar-refractivity contribution >= 4 is 29.1 Å². The summed E-state index contributed by atoms with van der Waals surface area (Å²) in [7, 11) is 3.61. The Balaban J connectivity index is 1.79. The molecule has 0 aromatic heterocycles. The van der Waals surface area contributed by atoms with E-state index in [4.69, 9.17) is 11.6 Å². The van der Waals surface area contributed by atoms with Gasteiger partial charge in [0.1, 0.15) is 0 Å². The molecule has 0 heterocycles. The number of hydrogen-bond acceptors (Lipinski definition) is 2. The maximum Gasteiger partial charge on any atom is 0.279 e. The van der Waals surface area contributed by atoms with Gasteiger partial charge in [0.2, 0.25) is 0 Å². The standard InChI is InChI=1S/C20H24ClN3O2/c1-15-4-6-16(7-5-15)12-24(3)20(26)14-23(2)13-19(25)22-18-10-8-17(21)9-11-18/h4-11H,12-14H2,1-3H3,(H,22,25)/p+1. The van der Waals surface area contributed by atoms with Gasteiger partial charge in [0, 0.05) is 24.3 Å². The number of carbonyl (C=O) groups is 2. The Morgan fingerprint density at radius 1 is 1.04 bits per heavy atom. The van der Waals surface area contributed by atoms with Crippen LogP contribution >= 0.6 is 11.6 Å². The maximum absolute atomic E-state index is 12.4. The Morgan fingerprint density at radius 2 is 1.65 bits per heavy atom. The Bertz CT molecular complexity index is 745. The Labute approximate surface area is 159 Å². The Hall–Kier alpha value is -2.37. The van der Waals surface area contributed by atoms with E-state index in [-0.39, 0.29) is 24.9 Å². The fraction of sp³-hybridized carbons (Fsp3) is 0.300. The van der Waals surface area contributed by atoms with Crippen molar-refractivity contribution in [2.45, 2.75) is 13.5 Å². The van der Waals surface area contributed by atoms with E-state index in [1.807, 2.05) is 38.2 Å². The van der Waals surface area contributed by atoms with Gasteiger partial charge in [-0.15, -0.1) is 0 Å². The first kappa shape index (κ1) is 19.9. The molecule has 1 unspecified atom stereocenters. The van der Waals surface area contributed by atoms with E-state index in [0.29, 0.717) is 17.3 Å². The van der Waals surface area contributed by atoms with Crippen molar-refractivity contribution in [3.05, 3.63) is 64.7 Å². The van der Waals surface area contributed by atoms with E-state index in [1.54, 1.807) is 36.2 Å². The molecule has 2 N–H and O–H groups in total. The van der Waals surface area contributed by atoms with Gasteiger partial charge in [-0.25, -0.2) is 0 Å². The second-order valence-corrected chi connectivity index (χ2v) is 7.04. The van der Waals surface area contributed by atoms with Crippen molar-refractivity contribution in [3.8, 4) is 0 Å². The highest BCUT2D eigenvalue weighted by Gasteiger charge is 2.17. The van der Waals surface area contributed by atoms with Gasteiger partial charge in [-0.2, -0.15) is 0 Å². The molecule has 2 aromatic rings. The number of anilines is 1. The van der Waals surface area contributed by atoms with Crippen molar-refractivity contribution < 1.29 is 14.5 Å². The van der Waals surface area contributed by atoms with Crippen LogP contribution in [0.15, 0.2) is 48.5 Å².